The molecule has 94 valence electrons. The van der Waals surface area contributed by atoms with Gasteiger partial charge in [0.2, 0.25) is 0 Å². The van der Waals surface area contributed by atoms with E-state index in [-0.39, 0.29) is 6.04 Å². The van der Waals surface area contributed by atoms with Gasteiger partial charge in [-0.15, -0.1) is 0 Å². The average molecular weight is 248 g/mol. The highest BCUT2D eigenvalue weighted by Gasteiger charge is 2.26. The molecule has 0 radical (unpaired) electrons. The molecule has 0 bridgehead atoms. The van der Waals surface area contributed by atoms with Crippen LogP contribution in [0.25, 0.3) is 0 Å². The van der Waals surface area contributed by atoms with Gasteiger partial charge in [-0.05, 0) is 23.6 Å². The quantitative estimate of drug-likeness (QED) is 0.828. The minimum absolute atomic E-state index is 0.162. The van der Waals surface area contributed by atoms with Crippen molar-refractivity contribution in [1.82, 2.24) is 0 Å². The lowest BCUT2D eigenvalue weighted by molar-refractivity contribution is 0.653. The van der Waals surface area contributed by atoms with Crippen LogP contribution in [0.2, 0.25) is 0 Å². The van der Waals surface area contributed by atoms with Gasteiger partial charge in [-0.25, -0.2) is 0 Å². The zero-order chi connectivity index (χ0) is 13.1. The number of para-hydroxylation sites is 1. The van der Waals surface area contributed by atoms with Crippen LogP contribution in [0.5, 0.6) is 0 Å². The van der Waals surface area contributed by atoms with Gasteiger partial charge in [0.05, 0.1) is 18.5 Å². The zero-order valence-electron chi connectivity index (χ0n) is 10.8. The molecule has 19 heavy (non-hydrogen) atoms. The number of nitriles is 1. The van der Waals surface area contributed by atoms with E-state index in [1.807, 2.05) is 18.2 Å². The highest BCUT2D eigenvalue weighted by atomic mass is 15.2. The lowest BCUT2D eigenvalue weighted by Crippen LogP contribution is -2.26. The summed E-state index contributed by atoms with van der Waals surface area (Å²) in [5, 5.41) is 9.13. The Morgan fingerprint density at radius 2 is 1.79 bits per heavy atom. The molecule has 1 atom stereocenters. The Kier molecular flexibility index (Phi) is 3.20. The lowest BCUT2D eigenvalue weighted by atomic mass is 10.0. The van der Waals surface area contributed by atoms with E-state index in [0.717, 1.165) is 13.0 Å². The largest absolute Gasteiger partial charge is 0.363 e. The molecule has 2 heteroatoms. The summed E-state index contributed by atoms with van der Waals surface area (Å²) in [4.78, 5) is 2.37. The fourth-order valence-electron chi connectivity index (χ4n) is 2.86. The Hall–Kier alpha value is -2.27. The molecule has 0 fully saturated rings. The number of hydrogen-bond donors (Lipinski definition) is 0. The summed E-state index contributed by atoms with van der Waals surface area (Å²) >= 11 is 0. The fraction of sp³-hybridized carbons (Fsp3) is 0.235. The van der Waals surface area contributed by atoms with Crippen LogP contribution in [-0.4, -0.2) is 6.54 Å². The third-order valence-corrected chi connectivity index (χ3v) is 3.77. The molecule has 2 aromatic rings. The summed E-state index contributed by atoms with van der Waals surface area (Å²) in [5.41, 5.74) is 3.90. The molecule has 1 aliphatic rings. The fourth-order valence-corrected chi connectivity index (χ4v) is 2.86. The predicted molar refractivity (Wildman–Crippen MR) is 76.9 cm³/mol. The average Bonchev–Trinajstić information content (AvgIpc) is 2.89. The molecule has 0 spiro atoms. The Morgan fingerprint density at radius 3 is 2.58 bits per heavy atom. The Bertz CT molecular complexity index is 598. The smallest absolute Gasteiger partial charge is 0.0672 e. The van der Waals surface area contributed by atoms with Crippen molar-refractivity contribution in [3.8, 4) is 6.07 Å². The summed E-state index contributed by atoms with van der Waals surface area (Å²) in [6.07, 6.45) is 1.60. The Morgan fingerprint density at radius 1 is 1.05 bits per heavy atom. The van der Waals surface area contributed by atoms with Gasteiger partial charge in [0.25, 0.3) is 0 Å². The predicted octanol–water partition coefficient (Wildman–Crippen LogP) is 3.70. The van der Waals surface area contributed by atoms with E-state index in [4.69, 9.17) is 5.26 Å². The van der Waals surface area contributed by atoms with E-state index in [9.17, 15) is 0 Å². The van der Waals surface area contributed by atoms with Gasteiger partial charge in [-0.1, -0.05) is 48.5 Å². The molecular formula is C17H16N2. The maximum absolute atomic E-state index is 9.13. The van der Waals surface area contributed by atoms with Crippen LogP contribution in [0.4, 0.5) is 5.69 Å². The molecule has 0 N–H and O–H groups in total. The highest BCUT2D eigenvalue weighted by molar-refractivity contribution is 5.59. The minimum atomic E-state index is 0.162. The van der Waals surface area contributed by atoms with Crippen LogP contribution in [0.3, 0.4) is 0 Å². The van der Waals surface area contributed by atoms with Crippen molar-refractivity contribution in [2.75, 3.05) is 11.4 Å². The van der Waals surface area contributed by atoms with E-state index in [2.05, 4.69) is 47.4 Å². The molecular weight excluding hydrogens is 232 g/mol. The molecule has 3 rings (SSSR count). The van der Waals surface area contributed by atoms with Gasteiger partial charge in [-0.2, -0.15) is 5.26 Å². The Balaban J connectivity index is 1.97. The van der Waals surface area contributed by atoms with Crippen molar-refractivity contribution in [2.45, 2.75) is 18.9 Å². The first-order valence-electron chi connectivity index (χ1n) is 6.66. The van der Waals surface area contributed by atoms with Crippen molar-refractivity contribution in [3.05, 3.63) is 65.7 Å². The van der Waals surface area contributed by atoms with Crippen LogP contribution in [0, 0.1) is 11.3 Å². The molecule has 0 saturated heterocycles. The van der Waals surface area contributed by atoms with E-state index >= 15 is 0 Å². The van der Waals surface area contributed by atoms with Crippen molar-refractivity contribution in [1.29, 1.82) is 5.26 Å². The van der Waals surface area contributed by atoms with Gasteiger partial charge in [-0.3, -0.25) is 0 Å². The van der Waals surface area contributed by atoms with Gasteiger partial charge < -0.3 is 4.90 Å². The third-order valence-electron chi connectivity index (χ3n) is 3.77. The van der Waals surface area contributed by atoms with Crippen molar-refractivity contribution < 1.29 is 0 Å². The minimum Gasteiger partial charge on any atom is -0.363 e. The van der Waals surface area contributed by atoms with E-state index in [1.54, 1.807) is 0 Å². The first-order chi connectivity index (χ1) is 9.40. The molecule has 1 unspecified atom stereocenters. The van der Waals surface area contributed by atoms with E-state index < -0.39 is 0 Å². The third kappa shape index (κ3) is 2.20. The summed E-state index contributed by atoms with van der Waals surface area (Å²) in [5.74, 6) is 0. The van der Waals surface area contributed by atoms with E-state index in [0.29, 0.717) is 6.42 Å². The second-order valence-electron chi connectivity index (χ2n) is 4.86. The summed E-state index contributed by atoms with van der Waals surface area (Å²) in [7, 11) is 0. The molecule has 1 heterocycles. The van der Waals surface area contributed by atoms with Crippen molar-refractivity contribution >= 4 is 5.69 Å². The zero-order valence-corrected chi connectivity index (χ0v) is 10.8. The topological polar surface area (TPSA) is 27.0 Å². The monoisotopic (exact) mass is 248 g/mol. The standard InChI is InChI=1S/C17H16N2/c18-12-10-17(14-6-2-1-3-7-14)19-13-11-15-8-4-5-9-16(15)19/h1-9,17H,10-11,13H2. The van der Waals surface area contributed by atoms with Gasteiger partial charge >= 0.3 is 0 Å². The number of anilines is 1. The van der Waals surface area contributed by atoms with Gasteiger partial charge in [0.15, 0.2) is 0 Å². The Labute approximate surface area is 113 Å². The maximum Gasteiger partial charge on any atom is 0.0672 e. The number of nitrogens with zero attached hydrogens (tertiary/aromatic N) is 2. The molecule has 0 amide bonds. The molecule has 2 nitrogen and oxygen atoms in total. The number of benzene rings is 2. The second kappa shape index (κ2) is 5.16. The SMILES string of the molecule is N#CCC(c1ccccc1)N1CCc2ccccc21. The molecule has 2 aromatic carbocycles. The number of rotatable bonds is 3. The summed E-state index contributed by atoms with van der Waals surface area (Å²) < 4.78 is 0. The van der Waals surface area contributed by atoms with Crippen molar-refractivity contribution in [2.24, 2.45) is 0 Å². The highest BCUT2D eigenvalue weighted by Crippen LogP contribution is 2.36. The molecule has 1 aliphatic heterocycles. The van der Waals surface area contributed by atoms with Crippen molar-refractivity contribution in [3.63, 3.8) is 0 Å². The van der Waals surface area contributed by atoms with E-state index in [1.165, 1.54) is 16.8 Å². The first-order valence-corrected chi connectivity index (χ1v) is 6.66. The first kappa shape index (κ1) is 11.8. The number of hydrogen-bond acceptors (Lipinski definition) is 2. The van der Waals surface area contributed by atoms with Crippen LogP contribution in [0.1, 0.15) is 23.6 Å². The summed E-state index contributed by atoms with van der Waals surface area (Å²) in [6, 6.07) is 21.3. The lowest BCUT2D eigenvalue weighted by Gasteiger charge is -2.29. The summed E-state index contributed by atoms with van der Waals surface area (Å²) in [6.45, 7) is 1.00. The number of fused-ring (bicyclic) bond motifs is 1. The molecule has 0 aliphatic carbocycles. The normalized spacial score (nSPS) is 14.8. The molecule has 0 aromatic heterocycles. The van der Waals surface area contributed by atoms with Crippen LogP contribution < -0.4 is 4.90 Å². The van der Waals surface area contributed by atoms with Crippen LogP contribution >= 0.6 is 0 Å². The molecule has 0 saturated carbocycles. The van der Waals surface area contributed by atoms with Gasteiger partial charge in [0, 0.05) is 12.2 Å². The van der Waals surface area contributed by atoms with Crippen LogP contribution in [-0.2, 0) is 6.42 Å². The maximum atomic E-state index is 9.13. The van der Waals surface area contributed by atoms with Gasteiger partial charge in [0.1, 0.15) is 0 Å². The second-order valence-corrected chi connectivity index (χ2v) is 4.86. The van der Waals surface area contributed by atoms with Crippen LogP contribution in [0.15, 0.2) is 54.6 Å².